The molecular formula is C12H20N4O. The summed E-state index contributed by atoms with van der Waals surface area (Å²) >= 11 is 0. The summed E-state index contributed by atoms with van der Waals surface area (Å²) in [5, 5.41) is 10.7. The molecule has 0 saturated carbocycles. The third kappa shape index (κ3) is 1.52. The smallest absolute Gasteiger partial charge is 0.232 e. The van der Waals surface area contributed by atoms with Crippen LogP contribution in [-0.2, 0) is 11.8 Å². The lowest BCUT2D eigenvalue weighted by Crippen LogP contribution is -2.51. The van der Waals surface area contributed by atoms with Crippen molar-refractivity contribution in [1.29, 1.82) is 0 Å². The number of amides is 1. The second-order valence-electron chi connectivity index (χ2n) is 5.76. The number of fused-ring (bicyclic) bond motifs is 1. The molecule has 2 N–H and O–H groups in total. The number of rotatable bonds is 0. The largest absolute Gasteiger partial charge is 0.363 e. The van der Waals surface area contributed by atoms with Crippen LogP contribution in [0.1, 0.15) is 33.4 Å². The summed E-state index contributed by atoms with van der Waals surface area (Å²) in [6, 6.07) is 0. The molecule has 2 heterocycles. The molecular weight excluding hydrogens is 216 g/mol. The summed E-state index contributed by atoms with van der Waals surface area (Å²) in [7, 11) is 1.87. The van der Waals surface area contributed by atoms with E-state index in [0.717, 1.165) is 17.2 Å². The topological polar surface area (TPSA) is 59.0 Å². The van der Waals surface area contributed by atoms with E-state index >= 15 is 0 Å². The Bertz CT molecular complexity index is 485. The molecule has 1 aromatic rings. The number of aryl methyl sites for hydroxylation is 2. The van der Waals surface area contributed by atoms with Crippen molar-refractivity contribution in [2.45, 2.75) is 40.2 Å². The lowest BCUT2D eigenvalue weighted by Gasteiger charge is -2.39. The molecule has 1 aliphatic heterocycles. The van der Waals surface area contributed by atoms with Crippen molar-refractivity contribution >= 4 is 17.4 Å². The van der Waals surface area contributed by atoms with Gasteiger partial charge < -0.3 is 10.6 Å². The molecule has 0 aliphatic carbocycles. The van der Waals surface area contributed by atoms with Crippen LogP contribution in [0.4, 0.5) is 11.5 Å². The molecule has 0 aromatic carbocycles. The molecule has 1 aliphatic rings. The van der Waals surface area contributed by atoms with Crippen molar-refractivity contribution in [2.75, 3.05) is 10.6 Å². The van der Waals surface area contributed by atoms with Crippen molar-refractivity contribution in [3.8, 4) is 0 Å². The normalized spacial score (nSPS) is 21.2. The first-order chi connectivity index (χ1) is 7.67. The van der Waals surface area contributed by atoms with Crippen LogP contribution in [-0.4, -0.2) is 21.2 Å². The van der Waals surface area contributed by atoms with E-state index in [-0.39, 0.29) is 11.4 Å². The van der Waals surface area contributed by atoms with Crippen molar-refractivity contribution in [2.24, 2.45) is 12.5 Å². The third-order valence-electron chi connectivity index (χ3n) is 4.02. The number of nitrogens with one attached hydrogen (secondary N) is 2. The zero-order valence-corrected chi connectivity index (χ0v) is 11.3. The predicted octanol–water partition coefficient (Wildman–Crippen LogP) is 1.90. The minimum atomic E-state index is -0.502. The molecule has 1 amide bonds. The monoisotopic (exact) mass is 236 g/mol. The van der Waals surface area contributed by atoms with Gasteiger partial charge in [-0.3, -0.25) is 9.48 Å². The van der Waals surface area contributed by atoms with Gasteiger partial charge in [-0.25, -0.2) is 0 Å². The van der Waals surface area contributed by atoms with E-state index < -0.39 is 5.41 Å². The second kappa shape index (κ2) is 3.24. The Hall–Kier alpha value is -1.52. The Morgan fingerprint density at radius 3 is 2.41 bits per heavy atom. The maximum atomic E-state index is 12.3. The van der Waals surface area contributed by atoms with Gasteiger partial charge in [0.05, 0.1) is 11.1 Å². The Labute approximate surface area is 102 Å². The SMILES string of the molecule is Cc1nn(C)c2c1NC(=O)C(C)(C)C(C)(C)N2. The van der Waals surface area contributed by atoms with Crippen molar-refractivity contribution in [1.82, 2.24) is 9.78 Å². The fraction of sp³-hybridized carbons (Fsp3) is 0.667. The molecule has 5 heteroatoms. The highest BCUT2D eigenvalue weighted by Gasteiger charge is 2.46. The fourth-order valence-corrected chi connectivity index (χ4v) is 1.96. The summed E-state index contributed by atoms with van der Waals surface area (Å²) in [6.45, 7) is 9.86. The van der Waals surface area contributed by atoms with Crippen LogP contribution < -0.4 is 10.6 Å². The molecule has 2 rings (SSSR count). The molecule has 0 spiro atoms. The first-order valence-electron chi connectivity index (χ1n) is 5.80. The maximum Gasteiger partial charge on any atom is 0.232 e. The Morgan fingerprint density at radius 1 is 1.24 bits per heavy atom. The van der Waals surface area contributed by atoms with E-state index in [0.29, 0.717) is 0 Å². The summed E-state index contributed by atoms with van der Waals surface area (Å²) in [5.74, 6) is 0.885. The second-order valence-corrected chi connectivity index (χ2v) is 5.76. The molecule has 1 aromatic heterocycles. The number of nitrogens with zero attached hydrogens (tertiary/aromatic N) is 2. The summed E-state index contributed by atoms with van der Waals surface area (Å²) in [5.41, 5.74) is 0.772. The van der Waals surface area contributed by atoms with Gasteiger partial charge in [0, 0.05) is 12.6 Å². The highest BCUT2D eigenvalue weighted by atomic mass is 16.2. The number of hydrogen-bond donors (Lipinski definition) is 2. The third-order valence-corrected chi connectivity index (χ3v) is 4.02. The Kier molecular flexibility index (Phi) is 2.28. The molecule has 0 saturated heterocycles. The van der Waals surface area contributed by atoms with Crippen LogP contribution in [0.2, 0.25) is 0 Å². The summed E-state index contributed by atoms with van der Waals surface area (Å²) < 4.78 is 1.77. The van der Waals surface area contributed by atoms with Gasteiger partial charge in [0.2, 0.25) is 5.91 Å². The zero-order valence-electron chi connectivity index (χ0n) is 11.3. The van der Waals surface area contributed by atoms with Gasteiger partial charge in [-0.1, -0.05) is 0 Å². The van der Waals surface area contributed by atoms with Crippen LogP contribution in [0.5, 0.6) is 0 Å². The number of carbonyl (C=O) groups is 1. The lowest BCUT2D eigenvalue weighted by atomic mass is 9.74. The minimum absolute atomic E-state index is 0.0184. The van der Waals surface area contributed by atoms with E-state index in [1.807, 2.05) is 41.7 Å². The molecule has 0 atom stereocenters. The highest BCUT2D eigenvalue weighted by Crippen LogP contribution is 2.41. The van der Waals surface area contributed by atoms with E-state index in [9.17, 15) is 4.79 Å². The molecule has 17 heavy (non-hydrogen) atoms. The zero-order chi connectivity index (χ0) is 13.0. The molecule has 0 bridgehead atoms. The number of aromatic nitrogens is 2. The summed E-state index contributed by atoms with van der Waals surface area (Å²) in [4.78, 5) is 12.3. The molecule has 94 valence electrons. The van der Waals surface area contributed by atoms with E-state index in [2.05, 4.69) is 15.7 Å². The highest BCUT2D eigenvalue weighted by molar-refractivity contribution is 6.00. The molecule has 0 radical (unpaired) electrons. The molecule has 0 fully saturated rings. The van der Waals surface area contributed by atoms with E-state index in [4.69, 9.17) is 0 Å². The quantitative estimate of drug-likeness (QED) is 0.723. The van der Waals surface area contributed by atoms with Gasteiger partial charge in [-0.2, -0.15) is 5.10 Å². The Balaban J connectivity index is 2.60. The maximum absolute atomic E-state index is 12.3. The number of anilines is 2. The van der Waals surface area contributed by atoms with Crippen LogP contribution >= 0.6 is 0 Å². The van der Waals surface area contributed by atoms with Crippen LogP contribution in [0, 0.1) is 12.3 Å². The van der Waals surface area contributed by atoms with Crippen molar-refractivity contribution in [3.05, 3.63) is 5.69 Å². The number of carbonyl (C=O) groups excluding carboxylic acids is 1. The van der Waals surface area contributed by atoms with Gasteiger partial charge in [-0.05, 0) is 34.6 Å². The average molecular weight is 236 g/mol. The van der Waals surface area contributed by atoms with Crippen LogP contribution in [0.3, 0.4) is 0 Å². The first-order valence-corrected chi connectivity index (χ1v) is 5.80. The minimum Gasteiger partial charge on any atom is -0.363 e. The Morgan fingerprint density at radius 2 is 1.82 bits per heavy atom. The molecule has 5 nitrogen and oxygen atoms in total. The van der Waals surface area contributed by atoms with Gasteiger partial charge in [0.25, 0.3) is 0 Å². The molecule has 0 unspecified atom stereocenters. The van der Waals surface area contributed by atoms with Crippen LogP contribution in [0.25, 0.3) is 0 Å². The van der Waals surface area contributed by atoms with Crippen molar-refractivity contribution in [3.63, 3.8) is 0 Å². The van der Waals surface area contributed by atoms with Gasteiger partial charge >= 0.3 is 0 Å². The first kappa shape index (κ1) is 12.0. The van der Waals surface area contributed by atoms with Crippen molar-refractivity contribution < 1.29 is 4.79 Å². The standard InChI is InChI=1S/C12H20N4O/c1-7-8-9(16(6)15-7)14-12(4,5)11(2,3)10(17)13-8/h14H,1-6H3,(H,13,17). The predicted molar refractivity (Wildman–Crippen MR) is 68.1 cm³/mol. The lowest BCUT2D eigenvalue weighted by molar-refractivity contribution is -0.126. The van der Waals surface area contributed by atoms with Gasteiger partial charge in [-0.15, -0.1) is 0 Å². The van der Waals surface area contributed by atoms with Gasteiger partial charge in [0.15, 0.2) is 0 Å². The van der Waals surface area contributed by atoms with Crippen LogP contribution in [0.15, 0.2) is 0 Å². The average Bonchev–Trinajstić information content (AvgIpc) is 2.39. The van der Waals surface area contributed by atoms with E-state index in [1.165, 1.54) is 0 Å². The van der Waals surface area contributed by atoms with Gasteiger partial charge in [0.1, 0.15) is 11.5 Å². The summed E-state index contributed by atoms with van der Waals surface area (Å²) in [6.07, 6.45) is 0. The van der Waals surface area contributed by atoms with E-state index in [1.54, 1.807) is 4.68 Å². The number of hydrogen-bond acceptors (Lipinski definition) is 3. The fourth-order valence-electron chi connectivity index (χ4n) is 1.96.